The molecule has 0 amide bonds. The first-order valence-electron chi connectivity index (χ1n) is 5.17. The zero-order valence-corrected chi connectivity index (χ0v) is 9.20. The van der Waals surface area contributed by atoms with Gasteiger partial charge in [-0.05, 0) is 18.2 Å². The largest absolute Gasteiger partial charge is 0.395 e. The minimum Gasteiger partial charge on any atom is -0.395 e. The lowest BCUT2D eigenvalue weighted by molar-refractivity contribution is 0.158. The van der Waals surface area contributed by atoms with Crippen molar-refractivity contribution in [3.05, 3.63) is 48.7 Å². The van der Waals surface area contributed by atoms with Crippen molar-refractivity contribution in [2.75, 3.05) is 10.0 Å². The van der Waals surface area contributed by atoms with E-state index in [0.29, 0.717) is 11.3 Å². The first-order chi connectivity index (χ1) is 8.88. The fourth-order valence-electron chi connectivity index (χ4n) is 1.65. The lowest BCUT2D eigenvalue weighted by Crippen LogP contribution is -2.29. The molecule has 18 heavy (non-hydrogen) atoms. The first-order valence-corrected chi connectivity index (χ1v) is 5.17. The standard InChI is InChI=1S/C11H9N5O2/c12-8-9-1-2-10(15-3-5-17-13-15)7-11(9)16-4-6-18-14-16/h1-7,13-14H. The second-order valence-electron chi connectivity index (χ2n) is 3.54. The normalized spacial score (nSPS) is 16.6. The molecule has 0 fully saturated rings. The molecular formula is C11H9N5O2. The van der Waals surface area contributed by atoms with Gasteiger partial charge in [-0.3, -0.25) is 0 Å². The summed E-state index contributed by atoms with van der Waals surface area (Å²) in [5, 5.41) is 12.4. The van der Waals surface area contributed by atoms with E-state index < -0.39 is 0 Å². The van der Waals surface area contributed by atoms with Crippen LogP contribution in [0, 0.1) is 11.3 Å². The highest BCUT2D eigenvalue weighted by Crippen LogP contribution is 2.27. The lowest BCUT2D eigenvalue weighted by atomic mass is 10.1. The maximum atomic E-state index is 9.10. The van der Waals surface area contributed by atoms with E-state index >= 15 is 0 Å². The Hall–Kier alpha value is -2.69. The lowest BCUT2D eigenvalue weighted by Gasteiger charge is -2.19. The number of anilines is 2. The molecule has 0 saturated heterocycles. The molecule has 0 radical (unpaired) electrons. The molecule has 2 heterocycles. The average Bonchev–Trinajstić information content (AvgIpc) is 3.11. The van der Waals surface area contributed by atoms with E-state index in [0.717, 1.165) is 5.69 Å². The van der Waals surface area contributed by atoms with Gasteiger partial charge in [0, 0.05) is 0 Å². The molecule has 2 aliphatic heterocycles. The molecule has 1 aromatic carbocycles. The number of hydrogen-bond acceptors (Lipinski definition) is 7. The number of nitriles is 1. The van der Waals surface area contributed by atoms with Crippen LogP contribution < -0.4 is 21.2 Å². The van der Waals surface area contributed by atoms with E-state index in [2.05, 4.69) is 17.2 Å². The summed E-state index contributed by atoms with van der Waals surface area (Å²) in [4.78, 5) is 9.79. The Kier molecular flexibility index (Phi) is 2.49. The Balaban J connectivity index is 1.99. The molecule has 7 heteroatoms. The van der Waals surface area contributed by atoms with Crippen LogP contribution in [0.5, 0.6) is 0 Å². The molecule has 0 aliphatic carbocycles. The van der Waals surface area contributed by atoms with E-state index in [-0.39, 0.29) is 0 Å². The van der Waals surface area contributed by atoms with Gasteiger partial charge in [0.15, 0.2) is 0 Å². The number of hydrogen-bond donors (Lipinski definition) is 2. The Morgan fingerprint density at radius 3 is 2.39 bits per heavy atom. The van der Waals surface area contributed by atoms with Gasteiger partial charge in [-0.2, -0.15) is 5.26 Å². The molecule has 0 aromatic heterocycles. The summed E-state index contributed by atoms with van der Waals surface area (Å²) < 4.78 is 0. The third-order valence-corrected chi connectivity index (χ3v) is 2.50. The molecule has 0 atom stereocenters. The molecule has 7 nitrogen and oxygen atoms in total. The Bertz CT molecular complexity index is 563. The molecule has 0 spiro atoms. The van der Waals surface area contributed by atoms with Crippen LogP contribution in [-0.2, 0) is 9.68 Å². The summed E-state index contributed by atoms with van der Waals surface area (Å²) in [6, 6.07) is 7.50. The monoisotopic (exact) mass is 243 g/mol. The smallest absolute Gasteiger partial charge is 0.131 e. The van der Waals surface area contributed by atoms with Crippen molar-refractivity contribution in [2.24, 2.45) is 0 Å². The van der Waals surface area contributed by atoms with Crippen LogP contribution in [0.3, 0.4) is 0 Å². The van der Waals surface area contributed by atoms with Gasteiger partial charge in [0.25, 0.3) is 0 Å². The number of rotatable bonds is 2. The zero-order chi connectivity index (χ0) is 12.4. The highest BCUT2D eigenvalue weighted by atomic mass is 16.7. The summed E-state index contributed by atoms with van der Waals surface area (Å²) >= 11 is 0. The predicted octanol–water partition coefficient (Wildman–Crippen LogP) is 1.01. The van der Waals surface area contributed by atoms with Crippen molar-refractivity contribution in [3.63, 3.8) is 0 Å². The molecule has 2 N–H and O–H groups in total. The number of benzene rings is 1. The summed E-state index contributed by atoms with van der Waals surface area (Å²) in [6.07, 6.45) is 6.43. The SMILES string of the molecule is N#Cc1ccc(N2C=CON2)cc1N1C=CON1. The van der Waals surface area contributed by atoms with Crippen molar-refractivity contribution in [1.82, 2.24) is 11.2 Å². The van der Waals surface area contributed by atoms with Gasteiger partial charge >= 0.3 is 0 Å². The van der Waals surface area contributed by atoms with E-state index in [9.17, 15) is 0 Å². The van der Waals surface area contributed by atoms with Crippen LogP contribution in [0.15, 0.2) is 43.1 Å². The quantitative estimate of drug-likeness (QED) is 0.803. The Labute approximate surface area is 103 Å². The highest BCUT2D eigenvalue weighted by Gasteiger charge is 2.16. The third kappa shape index (κ3) is 1.71. The van der Waals surface area contributed by atoms with Gasteiger partial charge in [0.05, 0.1) is 29.3 Å². The minimum atomic E-state index is 0.533. The van der Waals surface area contributed by atoms with Crippen molar-refractivity contribution >= 4 is 11.4 Å². The van der Waals surface area contributed by atoms with Crippen LogP contribution in [0.1, 0.15) is 5.56 Å². The minimum absolute atomic E-state index is 0.533. The molecular weight excluding hydrogens is 234 g/mol. The maximum absolute atomic E-state index is 9.10. The summed E-state index contributed by atoms with van der Waals surface area (Å²) in [5.74, 6) is 0. The van der Waals surface area contributed by atoms with Gasteiger partial charge in [-0.15, -0.1) is 0 Å². The third-order valence-electron chi connectivity index (χ3n) is 2.50. The van der Waals surface area contributed by atoms with Crippen LogP contribution in [0.2, 0.25) is 0 Å². The van der Waals surface area contributed by atoms with Crippen LogP contribution in [0.25, 0.3) is 0 Å². The molecule has 0 saturated carbocycles. The zero-order valence-electron chi connectivity index (χ0n) is 9.20. The fourth-order valence-corrected chi connectivity index (χ4v) is 1.65. The van der Waals surface area contributed by atoms with E-state index in [1.807, 2.05) is 12.1 Å². The van der Waals surface area contributed by atoms with Crippen molar-refractivity contribution in [1.29, 1.82) is 5.26 Å². The van der Waals surface area contributed by atoms with Crippen LogP contribution in [0.4, 0.5) is 11.4 Å². The summed E-state index contributed by atoms with van der Waals surface area (Å²) in [6.45, 7) is 0. The van der Waals surface area contributed by atoms with Gasteiger partial charge in [0.1, 0.15) is 18.6 Å². The molecule has 90 valence electrons. The average molecular weight is 243 g/mol. The molecule has 0 unspecified atom stereocenters. The topological polar surface area (TPSA) is 72.8 Å². The summed E-state index contributed by atoms with van der Waals surface area (Å²) in [5.41, 5.74) is 7.38. The van der Waals surface area contributed by atoms with Gasteiger partial charge in [0.2, 0.25) is 0 Å². The van der Waals surface area contributed by atoms with Crippen molar-refractivity contribution in [2.45, 2.75) is 0 Å². The summed E-state index contributed by atoms with van der Waals surface area (Å²) in [7, 11) is 0. The van der Waals surface area contributed by atoms with Crippen molar-refractivity contribution < 1.29 is 9.68 Å². The van der Waals surface area contributed by atoms with E-state index in [1.54, 1.807) is 28.5 Å². The van der Waals surface area contributed by atoms with E-state index in [1.165, 1.54) is 12.5 Å². The Morgan fingerprint density at radius 2 is 1.78 bits per heavy atom. The van der Waals surface area contributed by atoms with E-state index in [4.69, 9.17) is 14.9 Å². The molecule has 3 rings (SSSR count). The molecule has 2 aliphatic rings. The fraction of sp³-hybridized carbons (Fsp3) is 0. The maximum Gasteiger partial charge on any atom is 0.131 e. The number of nitrogens with one attached hydrogen (secondary N) is 2. The predicted molar refractivity (Wildman–Crippen MR) is 62.8 cm³/mol. The van der Waals surface area contributed by atoms with Gasteiger partial charge in [-0.25, -0.2) is 10.0 Å². The highest BCUT2D eigenvalue weighted by molar-refractivity contribution is 5.68. The number of nitrogens with zero attached hydrogens (tertiary/aromatic N) is 3. The number of hydrazine groups is 2. The van der Waals surface area contributed by atoms with Crippen LogP contribution in [-0.4, -0.2) is 0 Å². The van der Waals surface area contributed by atoms with Gasteiger partial charge < -0.3 is 9.68 Å². The second-order valence-corrected chi connectivity index (χ2v) is 3.54. The molecule has 1 aromatic rings. The Morgan fingerprint density at radius 1 is 1.06 bits per heavy atom. The van der Waals surface area contributed by atoms with Crippen LogP contribution >= 0.6 is 0 Å². The van der Waals surface area contributed by atoms with Gasteiger partial charge in [-0.1, -0.05) is 11.2 Å². The van der Waals surface area contributed by atoms with Crippen molar-refractivity contribution in [3.8, 4) is 6.07 Å². The first kappa shape index (κ1) is 10.5. The second kappa shape index (κ2) is 4.29. The molecule has 0 bridgehead atoms.